The standard InChI is InChI=1S/C18H20F2NO9S.Rf/c1-7(22)21-13-9-5-10(14(13)30-16(24)8-3-2-4-8)12(11(9)15(21)23)17(25)29-6-18(19,20)31(26,27)28;/h6,8-14H,2-5H2,1H3,(H,26,27,28);/q-1;/p-1. The van der Waals surface area contributed by atoms with Gasteiger partial charge in [-0.25, -0.2) is 17.2 Å². The Labute approximate surface area is 176 Å². The minimum atomic E-state index is -6.11. The first-order valence-corrected chi connectivity index (χ1v) is 11.2. The summed E-state index contributed by atoms with van der Waals surface area (Å²) in [7, 11) is -6.11. The van der Waals surface area contributed by atoms with E-state index in [1.165, 1.54) is 0 Å². The van der Waals surface area contributed by atoms with Gasteiger partial charge in [-0.05, 0) is 25.2 Å². The number of halogens is 2. The topological polar surface area (TPSA) is 147 Å². The number of amides is 2. The fourth-order valence-electron chi connectivity index (χ4n) is 5.29. The number of hydrogen-bond donors (Lipinski definition) is 0. The van der Waals surface area contributed by atoms with E-state index in [2.05, 4.69) is 4.74 Å². The molecule has 14 heteroatoms. The second-order valence-corrected chi connectivity index (χ2v) is 9.89. The Morgan fingerprint density at radius 2 is 1.81 bits per heavy atom. The van der Waals surface area contributed by atoms with E-state index in [1.807, 2.05) is 0 Å². The SMILES string of the molecule is CC(=O)N1C(=O)C2C3CC(C(OC(=O)C4CCC4)C31)C2C(=O)O[CH-]C(F)(F)S(=O)(=O)[O-].[Rf]. The number of fused-ring (bicyclic) bond motifs is 1. The van der Waals surface area contributed by atoms with Gasteiger partial charge < -0.3 is 14.0 Å². The third-order valence-electron chi connectivity index (χ3n) is 6.82. The van der Waals surface area contributed by atoms with Gasteiger partial charge in [0.05, 0.1) is 23.8 Å². The maximum Gasteiger partial charge on any atom is 0.309 e. The zero-order valence-electron chi connectivity index (χ0n) is 16.9. The summed E-state index contributed by atoms with van der Waals surface area (Å²) in [4.78, 5) is 50.8. The molecule has 6 atom stereocenters. The summed E-state index contributed by atoms with van der Waals surface area (Å²) in [5.74, 6) is -7.12. The van der Waals surface area contributed by atoms with Crippen LogP contribution in [0.4, 0.5) is 8.78 Å². The predicted octanol–water partition coefficient (Wildman–Crippen LogP) is 0.181. The second-order valence-electron chi connectivity index (χ2n) is 8.43. The van der Waals surface area contributed by atoms with Gasteiger partial charge in [0, 0.05) is 12.8 Å². The molecular weight excluding hydrogens is 711 g/mol. The first kappa shape index (κ1) is 23.5. The van der Waals surface area contributed by atoms with E-state index in [9.17, 15) is 40.9 Å². The van der Waals surface area contributed by atoms with Crippen LogP contribution in [-0.2, 0) is 38.8 Å². The van der Waals surface area contributed by atoms with Crippen LogP contribution in [-0.4, -0.2) is 59.0 Å². The van der Waals surface area contributed by atoms with Crippen molar-refractivity contribution in [3.8, 4) is 0 Å². The number of esters is 2. The summed E-state index contributed by atoms with van der Waals surface area (Å²) < 4.78 is 68.4. The molecule has 2 bridgehead atoms. The minimum absolute atomic E-state index is 0. The van der Waals surface area contributed by atoms with Crippen LogP contribution in [0.5, 0.6) is 0 Å². The Morgan fingerprint density at radius 3 is 2.31 bits per heavy atom. The Balaban J connectivity index is 0.00000289. The van der Waals surface area contributed by atoms with Crippen LogP contribution < -0.4 is 0 Å². The molecule has 0 aromatic heterocycles. The van der Waals surface area contributed by atoms with Gasteiger partial charge in [0.15, 0.2) is 0 Å². The normalized spacial score (nSPS) is 33.5. The van der Waals surface area contributed by atoms with Gasteiger partial charge in [-0.15, -0.1) is 0 Å². The fourth-order valence-corrected chi connectivity index (χ4v) is 5.46. The maximum absolute atomic E-state index is 13.4. The summed E-state index contributed by atoms with van der Waals surface area (Å²) in [6, 6.07) is -0.750. The number of ether oxygens (including phenoxy) is 2. The van der Waals surface area contributed by atoms with Crippen LogP contribution in [0.15, 0.2) is 0 Å². The quantitative estimate of drug-likeness (QED) is 0.212. The third kappa shape index (κ3) is 3.29. The molecule has 3 aliphatic carbocycles. The van der Waals surface area contributed by atoms with Gasteiger partial charge in [0.2, 0.25) is 11.8 Å². The Bertz CT molecular complexity index is 954. The van der Waals surface area contributed by atoms with Crippen LogP contribution in [0.3, 0.4) is 0 Å². The van der Waals surface area contributed by atoms with E-state index in [0.717, 1.165) is 18.2 Å². The monoisotopic (exact) mass is 730 g/mol. The molecule has 1 heterocycles. The van der Waals surface area contributed by atoms with Crippen molar-refractivity contribution in [3.05, 3.63) is 6.61 Å². The zero-order valence-corrected chi connectivity index (χ0v) is 24.2. The molecule has 0 radical (unpaired) electrons. The van der Waals surface area contributed by atoms with Crippen molar-refractivity contribution in [1.82, 2.24) is 4.90 Å². The van der Waals surface area contributed by atoms with Crippen molar-refractivity contribution in [2.45, 2.75) is 50.0 Å². The van der Waals surface area contributed by atoms with Crippen molar-refractivity contribution in [2.75, 3.05) is 0 Å². The summed E-state index contributed by atoms with van der Waals surface area (Å²) in [6.07, 6.45) is 1.37. The zero-order chi connectivity index (χ0) is 22.9. The molecule has 3 saturated carbocycles. The van der Waals surface area contributed by atoms with Crippen LogP contribution in [0.25, 0.3) is 0 Å². The van der Waals surface area contributed by atoms with E-state index in [4.69, 9.17) is 4.74 Å². The molecule has 1 saturated heterocycles. The average Bonchev–Trinajstić information content (AvgIpc) is 3.19. The van der Waals surface area contributed by atoms with E-state index in [0.29, 0.717) is 12.8 Å². The molecule has 1 aliphatic heterocycles. The van der Waals surface area contributed by atoms with E-state index >= 15 is 0 Å². The number of hydrogen-bond acceptors (Lipinski definition) is 9. The molecule has 6 unspecified atom stereocenters. The summed E-state index contributed by atoms with van der Waals surface area (Å²) >= 11 is 0. The third-order valence-corrected chi connectivity index (χ3v) is 7.58. The number of likely N-dealkylation sites (tertiary alicyclic amines) is 1. The van der Waals surface area contributed by atoms with E-state index < -0.39 is 81.5 Å². The van der Waals surface area contributed by atoms with Crippen molar-refractivity contribution in [1.29, 1.82) is 0 Å². The van der Waals surface area contributed by atoms with Gasteiger partial charge in [0.1, 0.15) is 16.2 Å². The molecular formula is C18H19F2NO9RfS-2. The first-order valence-electron chi connectivity index (χ1n) is 9.77. The Morgan fingerprint density at radius 1 is 1.19 bits per heavy atom. The first-order chi connectivity index (χ1) is 14.3. The number of alkyl halides is 2. The smallest absolute Gasteiger partial charge is 0.309 e. The molecule has 4 aliphatic rings. The van der Waals surface area contributed by atoms with Crippen molar-refractivity contribution >= 4 is 33.9 Å². The number of imide groups is 1. The van der Waals surface area contributed by atoms with Crippen molar-refractivity contribution in [3.63, 3.8) is 0 Å². The number of carbonyl (C=O) groups is 4. The van der Waals surface area contributed by atoms with Crippen LogP contribution >= 0.6 is 0 Å². The van der Waals surface area contributed by atoms with Gasteiger partial charge in [0.25, 0.3) is 11.2 Å². The Hall–Kier alpha value is -3.15. The predicted molar refractivity (Wildman–Crippen MR) is 92.1 cm³/mol. The molecule has 0 aromatic rings. The summed E-state index contributed by atoms with van der Waals surface area (Å²) in [5, 5.41) is -4.95. The molecule has 0 spiro atoms. The van der Waals surface area contributed by atoms with Crippen molar-refractivity contribution < 1.29 is 50.4 Å². The van der Waals surface area contributed by atoms with Gasteiger partial charge in [-0.2, -0.15) is 0 Å². The van der Waals surface area contributed by atoms with Gasteiger partial charge >= 0.3 is 5.97 Å². The molecule has 4 fully saturated rings. The molecule has 174 valence electrons. The number of rotatable bonds is 6. The molecule has 10 nitrogen and oxygen atoms in total. The molecule has 2 amide bonds. The minimum Gasteiger partial charge on any atom is -0.746 e. The van der Waals surface area contributed by atoms with Crippen molar-refractivity contribution in [2.24, 2.45) is 29.6 Å². The molecule has 0 aromatic carbocycles. The van der Waals surface area contributed by atoms with E-state index in [-0.39, 0.29) is 12.3 Å². The van der Waals surface area contributed by atoms with E-state index in [1.54, 1.807) is 0 Å². The molecule has 4 rings (SSSR count). The fraction of sp³-hybridized carbons (Fsp3) is 0.722. The molecule has 32 heavy (non-hydrogen) atoms. The number of carbonyl (C=O) groups excluding carboxylic acids is 4. The Kier molecular flexibility index (Phi) is 5.49. The van der Waals surface area contributed by atoms with Crippen LogP contribution in [0.2, 0.25) is 0 Å². The summed E-state index contributed by atoms with van der Waals surface area (Å²) in [6.45, 7) is 0.486. The maximum atomic E-state index is 13.4. The number of nitrogens with zero attached hydrogens (tertiary/aromatic N) is 1. The molecule has 0 N–H and O–H groups in total. The van der Waals surface area contributed by atoms with Gasteiger partial charge in [-0.1, -0.05) is 13.0 Å². The largest absolute Gasteiger partial charge is 0.746 e. The summed E-state index contributed by atoms with van der Waals surface area (Å²) in [5.41, 5.74) is 0. The van der Waals surface area contributed by atoms with Gasteiger partial charge in [-0.3, -0.25) is 24.1 Å². The average molecular weight is 730 g/mol. The van der Waals surface area contributed by atoms with Crippen LogP contribution in [0.1, 0.15) is 32.6 Å². The van der Waals surface area contributed by atoms with Crippen LogP contribution in [0, 0.1) is 36.2 Å². The second kappa shape index (κ2) is 7.47.